The van der Waals surface area contributed by atoms with Crippen LogP contribution in [0.4, 0.5) is 0 Å². The molecule has 1 fully saturated rings. The van der Waals surface area contributed by atoms with E-state index in [0.717, 1.165) is 31.8 Å². The summed E-state index contributed by atoms with van der Waals surface area (Å²) in [5.74, 6) is 0.945. The quantitative estimate of drug-likeness (QED) is 0.577. The van der Waals surface area contributed by atoms with Crippen LogP contribution in [0.25, 0.3) is 0 Å². The first-order chi connectivity index (χ1) is 10.1. The van der Waals surface area contributed by atoms with Gasteiger partial charge in [0.2, 0.25) is 5.91 Å². The van der Waals surface area contributed by atoms with E-state index in [1.165, 1.54) is 25.7 Å². The molecular formula is C17H34N2O2. The molecule has 0 aromatic heterocycles. The van der Waals surface area contributed by atoms with Crippen molar-refractivity contribution >= 4 is 5.91 Å². The summed E-state index contributed by atoms with van der Waals surface area (Å²) in [6.45, 7) is 9.65. The van der Waals surface area contributed by atoms with Gasteiger partial charge in [0.1, 0.15) is 0 Å². The molecule has 0 aromatic carbocycles. The second kappa shape index (κ2) is 11.0. The maximum atomic E-state index is 12.2. The second-order valence-electron chi connectivity index (χ2n) is 6.59. The monoisotopic (exact) mass is 298 g/mol. The van der Waals surface area contributed by atoms with E-state index in [1.807, 2.05) is 0 Å². The van der Waals surface area contributed by atoms with Crippen molar-refractivity contribution < 1.29 is 9.53 Å². The van der Waals surface area contributed by atoms with Crippen molar-refractivity contribution in [3.63, 3.8) is 0 Å². The third kappa shape index (κ3) is 7.82. The number of unbranched alkanes of at least 4 members (excludes halogenated alkanes) is 3. The molecule has 1 aliphatic rings. The maximum absolute atomic E-state index is 12.2. The Kier molecular flexibility index (Phi) is 9.68. The predicted molar refractivity (Wildman–Crippen MR) is 87.3 cm³/mol. The average Bonchev–Trinajstić information content (AvgIpc) is 2.92. The van der Waals surface area contributed by atoms with Gasteiger partial charge in [-0.3, -0.25) is 4.79 Å². The summed E-state index contributed by atoms with van der Waals surface area (Å²) in [5.41, 5.74) is 0. The van der Waals surface area contributed by atoms with Crippen LogP contribution in [-0.4, -0.2) is 38.3 Å². The lowest BCUT2D eigenvalue weighted by Crippen LogP contribution is -2.44. The van der Waals surface area contributed by atoms with Gasteiger partial charge in [-0.25, -0.2) is 0 Å². The Bertz CT molecular complexity index is 282. The molecule has 21 heavy (non-hydrogen) atoms. The zero-order valence-corrected chi connectivity index (χ0v) is 14.1. The zero-order valence-electron chi connectivity index (χ0n) is 14.1. The number of nitrogens with one attached hydrogen (secondary N) is 2. The minimum Gasteiger partial charge on any atom is -0.379 e. The number of hydrogen-bond acceptors (Lipinski definition) is 3. The van der Waals surface area contributed by atoms with Gasteiger partial charge in [-0.2, -0.15) is 0 Å². The molecule has 0 aromatic rings. The van der Waals surface area contributed by atoms with Gasteiger partial charge in [0, 0.05) is 12.6 Å². The van der Waals surface area contributed by atoms with Crippen LogP contribution in [0.15, 0.2) is 0 Å². The van der Waals surface area contributed by atoms with Crippen molar-refractivity contribution in [1.82, 2.24) is 10.6 Å². The van der Waals surface area contributed by atoms with Crippen molar-refractivity contribution in [3.8, 4) is 0 Å². The van der Waals surface area contributed by atoms with Gasteiger partial charge in [0.05, 0.1) is 19.1 Å². The minimum atomic E-state index is -0.0162. The molecule has 4 heteroatoms. The van der Waals surface area contributed by atoms with Crippen LogP contribution in [0.5, 0.6) is 0 Å². The fourth-order valence-electron chi connectivity index (χ4n) is 2.72. The number of carbonyl (C=O) groups excluding carboxylic acids is 1. The summed E-state index contributed by atoms with van der Waals surface area (Å²) >= 11 is 0. The van der Waals surface area contributed by atoms with Gasteiger partial charge in [-0.1, -0.05) is 46.5 Å². The summed E-state index contributed by atoms with van der Waals surface area (Å²) in [5, 5.41) is 6.48. The lowest BCUT2D eigenvalue weighted by atomic mass is 10.0. The number of hydrogen-bond donors (Lipinski definition) is 2. The molecule has 4 nitrogen and oxygen atoms in total. The molecular weight excluding hydrogens is 264 g/mol. The molecule has 1 rings (SSSR count). The van der Waals surface area contributed by atoms with Crippen LogP contribution in [0.2, 0.25) is 0 Å². The first-order valence-electron chi connectivity index (χ1n) is 8.74. The van der Waals surface area contributed by atoms with Gasteiger partial charge in [0.15, 0.2) is 0 Å². The average molecular weight is 298 g/mol. The highest BCUT2D eigenvalue weighted by molar-refractivity contribution is 5.79. The van der Waals surface area contributed by atoms with Crippen LogP contribution in [0, 0.1) is 11.8 Å². The third-order valence-corrected chi connectivity index (χ3v) is 4.08. The second-order valence-corrected chi connectivity index (χ2v) is 6.59. The van der Waals surface area contributed by atoms with Crippen LogP contribution in [-0.2, 0) is 9.53 Å². The fraction of sp³-hybridized carbons (Fsp3) is 0.941. The number of carbonyl (C=O) groups is 1. The van der Waals surface area contributed by atoms with Crippen molar-refractivity contribution in [2.45, 2.75) is 65.3 Å². The van der Waals surface area contributed by atoms with Gasteiger partial charge in [-0.15, -0.1) is 0 Å². The lowest BCUT2D eigenvalue weighted by Gasteiger charge is -2.18. The lowest BCUT2D eigenvalue weighted by molar-refractivity contribution is -0.125. The highest BCUT2D eigenvalue weighted by atomic mass is 16.5. The predicted octanol–water partition coefficient (Wildman–Crippen LogP) is 2.72. The molecule has 2 N–H and O–H groups in total. The standard InChI is InChI=1S/C17H34N2O2/c1-4-10-18-16-13-21-12-15(16)17(20)19-11-8-6-5-7-9-14(2)3/h14-16,18H,4-13H2,1-3H3,(H,19,20). The normalized spacial score (nSPS) is 21.9. The minimum absolute atomic E-state index is 0.0162. The van der Waals surface area contributed by atoms with E-state index < -0.39 is 0 Å². The Balaban J connectivity index is 2.07. The summed E-state index contributed by atoms with van der Waals surface area (Å²) < 4.78 is 5.45. The molecule has 1 saturated heterocycles. The molecule has 0 bridgehead atoms. The first kappa shape index (κ1) is 18.4. The number of ether oxygens (including phenoxy) is 1. The van der Waals surface area contributed by atoms with Crippen LogP contribution in [0.3, 0.4) is 0 Å². The summed E-state index contributed by atoms with van der Waals surface area (Å²) in [6.07, 6.45) is 7.29. The Morgan fingerprint density at radius 1 is 1.14 bits per heavy atom. The van der Waals surface area contributed by atoms with E-state index in [9.17, 15) is 4.79 Å². The number of amides is 1. The van der Waals surface area contributed by atoms with Crippen molar-refractivity contribution in [1.29, 1.82) is 0 Å². The largest absolute Gasteiger partial charge is 0.379 e. The summed E-state index contributed by atoms with van der Waals surface area (Å²) in [6, 6.07) is 0.191. The maximum Gasteiger partial charge on any atom is 0.227 e. The van der Waals surface area contributed by atoms with E-state index in [2.05, 4.69) is 31.4 Å². The molecule has 0 saturated carbocycles. The third-order valence-electron chi connectivity index (χ3n) is 4.08. The van der Waals surface area contributed by atoms with Gasteiger partial charge < -0.3 is 15.4 Å². The Morgan fingerprint density at radius 2 is 1.90 bits per heavy atom. The topological polar surface area (TPSA) is 50.4 Å². The highest BCUT2D eigenvalue weighted by Crippen LogP contribution is 2.14. The van der Waals surface area contributed by atoms with Crippen LogP contribution in [0.1, 0.15) is 59.3 Å². The molecule has 0 aliphatic carbocycles. The summed E-state index contributed by atoms with van der Waals surface area (Å²) in [4.78, 5) is 12.2. The van der Waals surface area contributed by atoms with Crippen LogP contribution < -0.4 is 10.6 Å². The molecule has 0 spiro atoms. The zero-order chi connectivity index (χ0) is 15.5. The van der Waals surface area contributed by atoms with Gasteiger partial charge >= 0.3 is 0 Å². The van der Waals surface area contributed by atoms with Gasteiger partial charge in [0.25, 0.3) is 0 Å². The Labute approximate surface area is 130 Å². The molecule has 2 unspecified atom stereocenters. The van der Waals surface area contributed by atoms with E-state index in [-0.39, 0.29) is 17.9 Å². The molecule has 1 aliphatic heterocycles. The molecule has 1 heterocycles. The van der Waals surface area contributed by atoms with Crippen molar-refractivity contribution in [2.24, 2.45) is 11.8 Å². The Morgan fingerprint density at radius 3 is 2.62 bits per heavy atom. The first-order valence-corrected chi connectivity index (χ1v) is 8.74. The SMILES string of the molecule is CCCNC1COCC1C(=O)NCCCCCCC(C)C. The summed E-state index contributed by atoms with van der Waals surface area (Å²) in [7, 11) is 0. The van der Waals surface area contributed by atoms with E-state index in [4.69, 9.17) is 4.74 Å². The molecule has 1 amide bonds. The van der Waals surface area contributed by atoms with Gasteiger partial charge in [-0.05, 0) is 25.3 Å². The Hall–Kier alpha value is -0.610. The smallest absolute Gasteiger partial charge is 0.227 e. The highest BCUT2D eigenvalue weighted by Gasteiger charge is 2.33. The van der Waals surface area contributed by atoms with Crippen molar-refractivity contribution in [2.75, 3.05) is 26.3 Å². The molecule has 124 valence electrons. The fourth-order valence-corrected chi connectivity index (χ4v) is 2.72. The van der Waals surface area contributed by atoms with Crippen molar-refractivity contribution in [3.05, 3.63) is 0 Å². The van der Waals surface area contributed by atoms with E-state index in [0.29, 0.717) is 13.2 Å². The molecule has 2 atom stereocenters. The van der Waals surface area contributed by atoms with E-state index in [1.54, 1.807) is 0 Å². The van der Waals surface area contributed by atoms with Crippen LogP contribution >= 0.6 is 0 Å². The molecule has 0 radical (unpaired) electrons. The number of rotatable bonds is 11. The van der Waals surface area contributed by atoms with E-state index >= 15 is 0 Å².